The summed E-state index contributed by atoms with van der Waals surface area (Å²) in [5.41, 5.74) is 6.60. The summed E-state index contributed by atoms with van der Waals surface area (Å²) in [7, 11) is 0. The summed E-state index contributed by atoms with van der Waals surface area (Å²) in [6.45, 7) is 3.75. The monoisotopic (exact) mass is 212 g/mol. The molecule has 0 heterocycles. The molecule has 0 aliphatic carbocycles. The third-order valence-electron chi connectivity index (χ3n) is 2.37. The standard InChI is InChI=1S/C11H17ClN2/c1-2-9(7-13)8-14-11-6-4-3-5-10(11)12/h3-6,9,14H,2,7-8,13H2,1H3. The Hall–Kier alpha value is -0.730. The molecule has 0 aromatic heterocycles. The molecule has 0 spiro atoms. The Morgan fingerprint density at radius 2 is 2.14 bits per heavy atom. The van der Waals surface area contributed by atoms with Crippen molar-refractivity contribution in [2.75, 3.05) is 18.4 Å². The number of nitrogens with one attached hydrogen (secondary N) is 1. The zero-order valence-corrected chi connectivity index (χ0v) is 9.22. The van der Waals surface area contributed by atoms with Crippen LogP contribution in [0.15, 0.2) is 24.3 Å². The van der Waals surface area contributed by atoms with Gasteiger partial charge in [-0.2, -0.15) is 0 Å². The van der Waals surface area contributed by atoms with Gasteiger partial charge in [0.2, 0.25) is 0 Å². The average Bonchev–Trinajstić information content (AvgIpc) is 2.22. The van der Waals surface area contributed by atoms with Crippen LogP contribution in [0.25, 0.3) is 0 Å². The highest BCUT2D eigenvalue weighted by atomic mass is 35.5. The Morgan fingerprint density at radius 3 is 2.71 bits per heavy atom. The van der Waals surface area contributed by atoms with Crippen molar-refractivity contribution < 1.29 is 0 Å². The molecule has 0 radical (unpaired) electrons. The van der Waals surface area contributed by atoms with Crippen LogP contribution in [0.4, 0.5) is 5.69 Å². The zero-order valence-electron chi connectivity index (χ0n) is 8.46. The van der Waals surface area contributed by atoms with Crippen LogP contribution in [-0.4, -0.2) is 13.1 Å². The van der Waals surface area contributed by atoms with Gasteiger partial charge in [-0.15, -0.1) is 0 Å². The first-order valence-corrected chi connectivity index (χ1v) is 5.34. The van der Waals surface area contributed by atoms with Gasteiger partial charge in [0.1, 0.15) is 0 Å². The molecule has 14 heavy (non-hydrogen) atoms. The normalized spacial score (nSPS) is 12.5. The van der Waals surface area contributed by atoms with Crippen molar-refractivity contribution in [2.24, 2.45) is 11.7 Å². The van der Waals surface area contributed by atoms with Gasteiger partial charge >= 0.3 is 0 Å². The highest BCUT2D eigenvalue weighted by Gasteiger charge is 2.04. The lowest BCUT2D eigenvalue weighted by Gasteiger charge is -2.14. The molecule has 3 N–H and O–H groups in total. The van der Waals surface area contributed by atoms with Crippen LogP contribution in [-0.2, 0) is 0 Å². The Morgan fingerprint density at radius 1 is 1.43 bits per heavy atom. The van der Waals surface area contributed by atoms with Crippen molar-refractivity contribution in [1.29, 1.82) is 0 Å². The fraction of sp³-hybridized carbons (Fsp3) is 0.455. The molecule has 0 amide bonds. The van der Waals surface area contributed by atoms with Gasteiger partial charge < -0.3 is 11.1 Å². The van der Waals surface area contributed by atoms with Crippen LogP contribution in [0.2, 0.25) is 5.02 Å². The molecular formula is C11H17ClN2. The third-order valence-corrected chi connectivity index (χ3v) is 2.70. The highest BCUT2D eigenvalue weighted by molar-refractivity contribution is 6.33. The minimum Gasteiger partial charge on any atom is -0.384 e. The first-order valence-electron chi connectivity index (χ1n) is 4.96. The van der Waals surface area contributed by atoms with Crippen molar-refractivity contribution in [3.8, 4) is 0 Å². The van der Waals surface area contributed by atoms with Gasteiger partial charge in [-0.3, -0.25) is 0 Å². The van der Waals surface area contributed by atoms with Crippen molar-refractivity contribution in [3.63, 3.8) is 0 Å². The average molecular weight is 213 g/mol. The summed E-state index contributed by atoms with van der Waals surface area (Å²) < 4.78 is 0. The second-order valence-electron chi connectivity index (χ2n) is 3.37. The Kier molecular flexibility index (Phi) is 4.77. The van der Waals surface area contributed by atoms with Crippen LogP contribution in [0.5, 0.6) is 0 Å². The van der Waals surface area contributed by atoms with E-state index in [-0.39, 0.29) is 0 Å². The number of nitrogens with two attached hydrogens (primary N) is 1. The number of hydrogen-bond donors (Lipinski definition) is 2. The van der Waals surface area contributed by atoms with Gasteiger partial charge in [0.15, 0.2) is 0 Å². The van der Waals surface area contributed by atoms with Crippen molar-refractivity contribution in [1.82, 2.24) is 0 Å². The van der Waals surface area contributed by atoms with E-state index >= 15 is 0 Å². The van der Waals surface area contributed by atoms with Crippen molar-refractivity contribution in [3.05, 3.63) is 29.3 Å². The minimum atomic E-state index is 0.520. The second kappa shape index (κ2) is 5.89. The predicted octanol–water partition coefficient (Wildman–Crippen LogP) is 2.74. The van der Waals surface area contributed by atoms with Gasteiger partial charge in [-0.1, -0.05) is 37.1 Å². The summed E-state index contributed by atoms with van der Waals surface area (Å²) in [6.07, 6.45) is 1.09. The molecule has 1 rings (SSSR count). The maximum absolute atomic E-state index is 6.00. The molecule has 1 aromatic rings. The smallest absolute Gasteiger partial charge is 0.0637 e. The molecule has 0 saturated carbocycles. The topological polar surface area (TPSA) is 38.0 Å². The molecule has 1 unspecified atom stereocenters. The number of benzene rings is 1. The van der Waals surface area contributed by atoms with Crippen LogP contribution in [0.3, 0.4) is 0 Å². The Labute approximate surface area is 90.4 Å². The fourth-order valence-corrected chi connectivity index (χ4v) is 1.46. The number of hydrogen-bond acceptors (Lipinski definition) is 2. The van der Waals surface area contributed by atoms with Gasteiger partial charge in [-0.05, 0) is 24.6 Å². The van der Waals surface area contributed by atoms with Gasteiger partial charge in [0.05, 0.1) is 10.7 Å². The van der Waals surface area contributed by atoms with Crippen LogP contribution in [0.1, 0.15) is 13.3 Å². The molecule has 1 atom stereocenters. The summed E-state index contributed by atoms with van der Waals surface area (Å²) in [5, 5.41) is 4.07. The Balaban J connectivity index is 2.49. The largest absolute Gasteiger partial charge is 0.384 e. The lowest BCUT2D eigenvalue weighted by atomic mass is 10.1. The maximum atomic E-state index is 6.00. The van der Waals surface area contributed by atoms with E-state index in [4.69, 9.17) is 17.3 Å². The van der Waals surface area contributed by atoms with Crippen LogP contribution >= 0.6 is 11.6 Å². The van der Waals surface area contributed by atoms with E-state index in [2.05, 4.69) is 12.2 Å². The zero-order chi connectivity index (χ0) is 10.4. The van der Waals surface area contributed by atoms with E-state index < -0.39 is 0 Å². The summed E-state index contributed by atoms with van der Waals surface area (Å²) in [4.78, 5) is 0. The highest BCUT2D eigenvalue weighted by Crippen LogP contribution is 2.20. The van der Waals surface area contributed by atoms with Gasteiger partial charge in [-0.25, -0.2) is 0 Å². The fourth-order valence-electron chi connectivity index (χ4n) is 1.25. The predicted molar refractivity (Wildman–Crippen MR) is 62.8 cm³/mol. The molecule has 0 fully saturated rings. The molecule has 0 bridgehead atoms. The lowest BCUT2D eigenvalue weighted by Crippen LogP contribution is -2.22. The van der Waals surface area contributed by atoms with Crippen LogP contribution < -0.4 is 11.1 Å². The summed E-state index contributed by atoms with van der Waals surface area (Å²) in [6, 6.07) is 7.75. The first-order chi connectivity index (χ1) is 6.77. The number of anilines is 1. The first kappa shape index (κ1) is 11.3. The molecule has 0 aliphatic heterocycles. The van der Waals surface area contributed by atoms with E-state index in [0.717, 1.165) is 23.7 Å². The van der Waals surface area contributed by atoms with E-state index in [1.54, 1.807) is 0 Å². The number of para-hydroxylation sites is 1. The SMILES string of the molecule is CCC(CN)CNc1ccccc1Cl. The van der Waals surface area contributed by atoms with Gasteiger partial charge in [0.25, 0.3) is 0 Å². The molecule has 2 nitrogen and oxygen atoms in total. The molecule has 3 heteroatoms. The van der Waals surface area contributed by atoms with E-state index in [0.29, 0.717) is 12.5 Å². The van der Waals surface area contributed by atoms with E-state index in [1.807, 2.05) is 24.3 Å². The quantitative estimate of drug-likeness (QED) is 0.788. The van der Waals surface area contributed by atoms with Crippen molar-refractivity contribution in [2.45, 2.75) is 13.3 Å². The molecule has 0 saturated heterocycles. The number of halogens is 1. The maximum Gasteiger partial charge on any atom is 0.0637 e. The molecule has 78 valence electrons. The second-order valence-corrected chi connectivity index (χ2v) is 3.78. The van der Waals surface area contributed by atoms with Crippen LogP contribution in [0, 0.1) is 5.92 Å². The van der Waals surface area contributed by atoms with Crippen molar-refractivity contribution >= 4 is 17.3 Å². The van der Waals surface area contributed by atoms with Gasteiger partial charge in [0, 0.05) is 6.54 Å². The molecule has 0 aliphatic rings. The lowest BCUT2D eigenvalue weighted by molar-refractivity contribution is 0.548. The molecule has 1 aromatic carbocycles. The van der Waals surface area contributed by atoms with E-state index in [9.17, 15) is 0 Å². The minimum absolute atomic E-state index is 0.520. The van der Waals surface area contributed by atoms with E-state index in [1.165, 1.54) is 0 Å². The number of rotatable bonds is 5. The Bertz CT molecular complexity index is 272. The third kappa shape index (κ3) is 3.20. The molecular weight excluding hydrogens is 196 g/mol. The summed E-state index contributed by atoms with van der Waals surface area (Å²) in [5.74, 6) is 0.520. The summed E-state index contributed by atoms with van der Waals surface area (Å²) >= 11 is 6.00.